The van der Waals surface area contributed by atoms with Crippen molar-refractivity contribution >= 4 is 17.6 Å². The van der Waals surface area contributed by atoms with Crippen LogP contribution in [0.4, 0.5) is 5.69 Å². The molecule has 1 aliphatic heterocycles. The topological polar surface area (TPSA) is 67.9 Å². The summed E-state index contributed by atoms with van der Waals surface area (Å²) in [6.07, 6.45) is 3.15. The summed E-state index contributed by atoms with van der Waals surface area (Å²) in [7, 11) is 1.18. The summed E-state index contributed by atoms with van der Waals surface area (Å²) in [6, 6.07) is 16.3. The number of likely N-dealkylation sites (tertiary alicyclic amines) is 1. The molecule has 6 nitrogen and oxygen atoms in total. The standard InChI is InChI=1S/C22H25N2O4/c1-27-22(26)21(25)23-20-7-3-2-6-18(20)16-17-8-10-19(11-9-17)28-15-14-24-12-4-5-13-24/h2-3,7-11H,4-5,12-16H2,1H3,(H,23,25). The van der Waals surface area contributed by atoms with Gasteiger partial charge in [-0.05, 0) is 61.3 Å². The number of esters is 1. The summed E-state index contributed by atoms with van der Waals surface area (Å²) < 4.78 is 10.3. The largest absolute Gasteiger partial charge is 0.492 e. The molecule has 1 saturated heterocycles. The Labute approximate surface area is 165 Å². The molecule has 28 heavy (non-hydrogen) atoms. The molecular weight excluding hydrogens is 356 g/mol. The van der Waals surface area contributed by atoms with E-state index in [-0.39, 0.29) is 0 Å². The molecule has 0 unspecified atom stereocenters. The number of rotatable bonds is 7. The highest BCUT2D eigenvalue weighted by atomic mass is 16.5. The summed E-state index contributed by atoms with van der Waals surface area (Å²) in [5.41, 5.74) is 2.40. The van der Waals surface area contributed by atoms with E-state index in [1.807, 2.05) is 24.3 Å². The molecule has 2 aromatic rings. The number of methoxy groups -OCH3 is 1. The second-order valence-electron chi connectivity index (χ2n) is 6.73. The summed E-state index contributed by atoms with van der Waals surface area (Å²) in [5.74, 6) is -0.880. The van der Waals surface area contributed by atoms with Crippen molar-refractivity contribution in [1.29, 1.82) is 0 Å². The minimum Gasteiger partial charge on any atom is -0.492 e. The zero-order valence-corrected chi connectivity index (χ0v) is 16.1. The Balaban J connectivity index is 1.56. The van der Waals surface area contributed by atoms with Crippen LogP contribution in [0.3, 0.4) is 0 Å². The maximum Gasteiger partial charge on any atom is 0.396 e. The Morgan fingerprint density at radius 2 is 1.89 bits per heavy atom. The molecule has 1 N–H and O–H groups in total. The van der Waals surface area contributed by atoms with Crippen molar-refractivity contribution in [2.75, 3.05) is 38.7 Å². The number of hydrogen-bond acceptors (Lipinski definition) is 5. The first kappa shape index (κ1) is 19.9. The lowest BCUT2D eigenvalue weighted by Gasteiger charge is -2.15. The van der Waals surface area contributed by atoms with Gasteiger partial charge in [-0.2, -0.15) is 0 Å². The summed E-state index contributed by atoms with van der Waals surface area (Å²) >= 11 is 0. The molecule has 3 rings (SSSR count). The number of carbonyl (C=O) groups excluding carboxylic acids is 2. The number of nitrogens with one attached hydrogen (secondary N) is 1. The van der Waals surface area contributed by atoms with Gasteiger partial charge in [0.05, 0.1) is 7.11 Å². The maximum absolute atomic E-state index is 11.8. The highest BCUT2D eigenvalue weighted by molar-refractivity contribution is 6.37. The molecule has 2 aromatic carbocycles. The Kier molecular flexibility index (Phi) is 7.03. The minimum absolute atomic E-state index is 0.545. The molecule has 147 valence electrons. The van der Waals surface area contributed by atoms with E-state index in [1.165, 1.54) is 33.0 Å². The Morgan fingerprint density at radius 3 is 2.61 bits per heavy atom. The summed E-state index contributed by atoms with van der Waals surface area (Å²) in [5, 5.41) is 2.57. The van der Waals surface area contributed by atoms with Crippen molar-refractivity contribution < 1.29 is 19.1 Å². The highest BCUT2D eigenvalue weighted by Crippen LogP contribution is 2.21. The predicted molar refractivity (Wildman–Crippen MR) is 106 cm³/mol. The van der Waals surface area contributed by atoms with Crippen LogP contribution < -0.4 is 10.1 Å². The Bertz CT molecular complexity index is 798. The quantitative estimate of drug-likeness (QED) is 0.590. The van der Waals surface area contributed by atoms with Gasteiger partial charge in [0.2, 0.25) is 0 Å². The molecule has 1 amide bonds. The third-order valence-corrected chi connectivity index (χ3v) is 4.74. The Morgan fingerprint density at radius 1 is 1.14 bits per heavy atom. The van der Waals surface area contributed by atoms with E-state index in [2.05, 4.69) is 21.0 Å². The fourth-order valence-corrected chi connectivity index (χ4v) is 3.21. The van der Waals surface area contributed by atoms with E-state index in [9.17, 15) is 9.59 Å². The predicted octanol–water partition coefficient (Wildman–Crippen LogP) is 2.66. The SMILES string of the molecule is COC(=O)C(=O)Nc1ccc[c]c1Cc1ccc(OCCN2CCCC2)cc1. The van der Waals surface area contributed by atoms with E-state index in [4.69, 9.17) is 4.74 Å². The number of nitrogens with zero attached hydrogens (tertiary/aromatic N) is 1. The van der Waals surface area contributed by atoms with Crippen LogP contribution in [0.2, 0.25) is 0 Å². The maximum atomic E-state index is 11.8. The van der Waals surface area contributed by atoms with Crippen LogP contribution in [0.15, 0.2) is 42.5 Å². The lowest BCUT2D eigenvalue weighted by molar-refractivity contribution is -0.150. The van der Waals surface area contributed by atoms with E-state index < -0.39 is 11.9 Å². The molecule has 0 spiro atoms. The van der Waals surface area contributed by atoms with E-state index in [0.29, 0.717) is 18.7 Å². The number of carbonyl (C=O) groups is 2. The highest BCUT2D eigenvalue weighted by Gasteiger charge is 2.15. The molecule has 0 saturated carbocycles. The van der Waals surface area contributed by atoms with Crippen LogP contribution in [-0.2, 0) is 20.7 Å². The van der Waals surface area contributed by atoms with Crippen LogP contribution in [0.1, 0.15) is 24.0 Å². The van der Waals surface area contributed by atoms with Gasteiger partial charge in [-0.1, -0.05) is 24.3 Å². The number of ether oxygens (including phenoxy) is 2. The lowest BCUT2D eigenvalue weighted by atomic mass is 10.0. The number of benzene rings is 2. The van der Waals surface area contributed by atoms with Crippen molar-refractivity contribution in [3.8, 4) is 5.75 Å². The fourth-order valence-electron chi connectivity index (χ4n) is 3.21. The molecule has 1 radical (unpaired) electrons. The number of anilines is 1. The number of amides is 1. The molecule has 1 aliphatic rings. The van der Waals surface area contributed by atoms with Gasteiger partial charge in [0, 0.05) is 18.7 Å². The third-order valence-electron chi connectivity index (χ3n) is 4.74. The van der Waals surface area contributed by atoms with E-state index in [1.54, 1.807) is 18.2 Å². The molecule has 0 atom stereocenters. The smallest absolute Gasteiger partial charge is 0.396 e. The van der Waals surface area contributed by atoms with Crippen LogP contribution in [0.5, 0.6) is 5.75 Å². The minimum atomic E-state index is -0.926. The first-order chi connectivity index (χ1) is 13.7. The van der Waals surface area contributed by atoms with Crippen molar-refractivity contribution in [2.45, 2.75) is 19.3 Å². The van der Waals surface area contributed by atoms with Gasteiger partial charge in [0.15, 0.2) is 0 Å². The van der Waals surface area contributed by atoms with E-state index in [0.717, 1.165) is 23.4 Å². The average molecular weight is 381 g/mol. The summed E-state index contributed by atoms with van der Waals surface area (Å²) in [4.78, 5) is 25.5. The van der Waals surface area contributed by atoms with Gasteiger partial charge in [-0.25, -0.2) is 4.79 Å². The average Bonchev–Trinajstić information content (AvgIpc) is 3.23. The van der Waals surface area contributed by atoms with Crippen LogP contribution >= 0.6 is 0 Å². The molecule has 0 aliphatic carbocycles. The first-order valence-corrected chi connectivity index (χ1v) is 9.48. The van der Waals surface area contributed by atoms with E-state index >= 15 is 0 Å². The second-order valence-corrected chi connectivity index (χ2v) is 6.73. The lowest BCUT2D eigenvalue weighted by Crippen LogP contribution is -2.25. The Hall–Kier alpha value is -2.86. The van der Waals surface area contributed by atoms with Gasteiger partial charge in [0.25, 0.3) is 0 Å². The zero-order chi connectivity index (χ0) is 19.8. The van der Waals surface area contributed by atoms with Crippen LogP contribution in [0, 0.1) is 6.07 Å². The van der Waals surface area contributed by atoms with Crippen molar-refractivity contribution in [3.63, 3.8) is 0 Å². The van der Waals surface area contributed by atoms with Crippen LogP contribution in [0.25, 0.3) is 0 Å². The molecule has 0 bridgehead atoms. The fraction of sp³-hybridized carbons (Fsp3) is 0.364. The van der Waals surface area contributed by atoms with Gasteiger partial charge in [-0.15, -0.1) is 0 Å². The van der Waals surface area contributed by atoms with Gasteiger partial charge >= 0.3 is 11.9 Å². The third kappa shape index (κ3) is 5.57. The summed E-state index contributed by atoms with van der Waals surface area (Å²) in [6.45, 7) is 3.99. The van der Waals surface area contributed by atoms with Gasteiger partial charge < -0.3 is 14.8 Å². The number of hydrogen-bond donors (Lipinski definition) is 1. The first-order valence-electron chi connectivity index (χ1n) is 9.48. The van der Waals surface area contributed by atoms with Gasteiger partial charge in [-0.3, -0.25) is 9.69 Å². The second kappa shape index (κ2) is 9.90. The zero-order valence-electron chi connectivity index (χ0n) is 16.1. The van der Waals surface area contributed by atoms with Crippen molar-refractivity contribution in [3.05, 3.63) is 59.7 Å². The molecule has 1 fully saturated rings. The molecule has 1 heterocycles. The van der Waals surface area contributed by atoms with Crippen LogP contribution in [-0.4, -0.2) is 50.1 Å². The molecular formula is C22H25N2O4. The van der Waals surface area contributed by atoms with Crippen molar-refractivity contribution in [2.24, 2.45) is 0 Å². The molecule has 6 heteroatoms. The monoisotopic (exact) mass is 381 g/mol. The normalized spacial score (nSPS) is 13.9. The molecule has 0 aromatic heterocycles. The van der Waals surface area contributed by atoms with Gasteiger partial charge in [0.1, 0.15) is 12.4 Å². The van der Waals surface area contributed by atoms with Crippen molar-refractivity contribution in [1.82, 2.24) is 4.90 Å².